The number of hydrogen-bond acceptors (Lipinski definition) is 2. The summed E-state index contributed by atoms with van der Waals surface area (Å²) in [5.74, 6) is -0.945. The average molecular weight is 324 g/mol. The van der Waals surface area contributed by atoms with Crippen molar-refractivity contribution in [2.75, 3.05) is 18.0 Å². The molecule has 0 bridgehead atoms. The Kier molecular flexibility index (Phi) is 6.36. The summed E-state index contributed by atoms with van der Waals surface area (Å²) in [5.41, 5.74) is 1.95. The van der Waals surface area contributed by atoms with Crippen LogP contribution in [0, 0.1) is 0 Å². The standard InChI is InChI=1S/C15H18BrNO2/c1-3-9-17(10-4-2)14-7-5-12(11-13(14)16)6-8-15(18)19/h3,5-8,11H,1,4,9-10H2,2H3,(H,18,19)/b8-6+. The molecule has 1 N–H and O–H groups in total. The molecule has 3 nitrogen and oxygen atoms in total. The third-order valence-electron chi connectivity index (χ3n) is 2.57. The van der Waals surface area contributed by atoms with Gasteiger partial charge in [-0.3, -0.25) is 0 Å². The van der Waals surface area contributed by atoms with Gasteiger partial charge in [0.25, 0.3) is 0 Å². The van der Waals surface area contributed by atoms with Crippen molar-refractivity contribution < 1.29 is 9.90 Å². The monoisotopic (exact) mass is 323 g/mol. The second-order valence-electron chi connectivity index (χ2n) is 4.12. The Hall–Kier alpha value is -1.55. The van der Waals surface area contributed by atoms with Gasteiger partial charge in [-0.05, 0) is 46.1 Å². The molecular weight excluding hydrogens is 306 g/mol. The second kappa shape index (κ2) is 7.79. The number of nitrogens with zero attached hydrogens (tertiary/aromatic N) is 1. The van der Waals surface area contributed by atoms with Crippen molar-refractivity contribution >= 4 is 33.7 Å². The van der Waals surface area contributed by atoms with Crippen molar-refractivity contribution in [3.63, 3.8) is 0 Å². The van der Waals surface area contributed by atoms with Crippen LogP contribution in [-0.2, 0) is 4.79 Å². The molecule has 0 atom stereocenters. The number of benzene rings is 1. The van der Waals surface area contributed by atoms with Crippen LogP contribution in [0.1, 0.15) is 18.9 Å². The van der Waals surface area contributed by atoms with E-state index >= 15 is 0 Å². The molecule has 0 spiro atoms. The van der Waals surface area contributed by atoms with E-state index in [4.69, 9.17) is 5.11 Å². The molecule has 0 radical (unpaired) electrons. The maximum Gasteiger partial charge on any atom is 0.328 e. The van der Waals surface area contributed by atoms with Crippen LogP contribution in [0.25, 0.3) is 6.08 Å². The Morgan fingerprint density at radius 2 is 2.26 bits per heavy atom. The fourth-order valence-corrected chi connectivity index (χ4v) is 2.43. The topological polar surface area (TPSA) is 40.5 Å². The van der Waals surface area contributed by atoms with Crippen molar-refractivity contribution in [1.29, 1.82) is 0 Å². The Morgan fingerprint density at radius 3 is 2.79 bits per heavy atom. The molecule has 0 heterocycles. The first-order valence-electron chi connectivity index (χ1n) is 6.15. The number of halogens is 1. The first-order chi connectivity index (χ1) is 9.08. The van der Waals surface area contributed by atoms with Gasteiger partial charge >= 0.3 is 5.97 Å². The summed E-state index contributed by atoms with van der Waals surface area (Å²) in [5, 5.41) is 8.61. The minimum absolute atomic E-state index is 0.788. The second-order valence-corrected chi connectivity index (χ2v) is 4.97. The molecule has 1 rings (SSSR count). The predicted molar refractivity (Wildman–Crippen MR) is 83.5 cm³/mol. The van der Waals surface area contributed by atoms with Gasteiger partial charge in [0, 0.05) is 23.6 Å². The Morgan fingerprint density at radius 1 is 1.53 bits per heavy atom. The van der Waals surface area contributed by atoms with Gasteiger partial charge in [0.15, 0.2) is 0 Å². The molecule has 0 aliphatic carbocycles. The van der Waals surface area contributed by atoms with E-state index in [1.165, 1.54) is 0 Å². The zero-order chi connectivity index (χ0) is 14.3. The molecule has 102 valence electrons. The highest BCUT2D eigenvalue weighted by Crippen LogP contribution is 2.28. The highest BCUT2D eigenvalue weighted by molar-refractivity contribution is 9.10. The van der Waals surface area contributed by atoms with Gasteiger partial charge in [0.05, 0.1) is 5.69 Å². The molecule has 0 amide bonds. The van der Waals surface area contributed by atoms with E-state index in [1.54, 1.807) is 6.08 Å². The van der Waals surface area contributed by atoms with Crippen LogP contribution in [0.3, 0.4) is 0 Å². The van der Waals surface area contributed by atoms with E-state index in [1.807, 2.05) is 24.3 Å². The third kappa shape index (κ3) is 4.91. The lowest BCUT2D eigenvalue weighted by Crippen LogP contribution is -2.24. The van der Waals surface area contributed by atoms with Gasteiger partial charge in [-0.25, -0.2) is 4.79 Å². The highest BCUT2D eigenvalue weighted by Gasteiger charge is 2.08. The number of carboxylic acids is 1. The molecule has 0 aliphatic heterocycles. The Labute approximate surface area is 122 Å². The average Bonchev–Trinajstić information content (AvgIpc) is 2.36. The number of aliphatic carboxylic acids is 1. The smallest absolute Gasteiger partial charge is 0.328 e. The van der Waals surface area contributed by atoms with Gasteiger partial charge in [-0.15, -0.1) is 6.58 Å². The number of anilines is 1. The predicted octanol–water partition coefficient (Wildman–Crippen LogP) is 3.95. The van der Waals surface area contributed by atoms with Gasteiger partial charge in [0.2, 0.25) is 0 Å². The molecule has 0 saturated heterocycles. The lowest BCUT2D eigenvalue weighted by atomic mass is 10.1. The molecule has 1 aromatic carbocycles. The van der Waals surface area contributed by atoms with Crippen LogP contribution < -0.4 is 4.90 Å². The van der Waals surface area contributed by atoms with E-state index in [9.17, 15) is 4.79 Å². The largest absolute Gasteiger partial charge is 0.478 e. The minimum atomic E-state index is -0.945. The van der Waals surface area contributed by atoms with Crippen molar-refractivity contribution in [1.82, 2.24) is 0 Å². The Bertz CT molecular complexity index is 483. The number of carbonyl (C=O) groups is 1. The maximum absolute atomic E-state index is 10.5. The molecule has 4 heteroatoms. The fraction of sp³-hybridized carbons (Fsp3) is 0.267. The molecule has 0 unspecified atom stereocenters. The van der Waals surface area contributed by atoms with E-state index < -0.39 is 5.97 Å². The van der Waals surface area contributed by atoms with Crippen molar-refractivity contribution in [2.45, 2.75) is 13.3 Å². The highest BCUT2D eigenvalue weighted by atomic mass is 79.9. The van der Waals surface area contributed by atoms with Crippen molar-refractivity contribution in [3.05, 3.63) is 47.0 Å². The van der Waals surface area contributed by atoms with Gasteiger partial charge in [-0.2, -0.15) is 0 Å². The summed E-state index contributed by atoms with van der Waals surface area (Å²) in [4.78, 5) is 12.7. The molecule has 19 heavy (non-hydrogen) atoms. The van der Waals surface area contributed by atoms with Crippen LogP contribution in [0.2, 0.25) is 0 Å². The first-order valence-corrected chi connectivity index (χ1v) is 6.94. The quantitative estimate of drug-likeness (QED) is 0.610. The third-order valence-corrected chi connectivity index (χ3v) is 3.21. The molecular formula is C15H18BrNO2. The van der Waals surface area contributed by atoms with Gasteiger partial charge in [0.1, 0.15) is 0 Å². The summed E-state index contributed by atoms with van der Waals surface area (Å²) in [6, 6.07) is 5.82. The maximum atomic E-state index is 10.5. The lowest BCUT2D eigenvalue weighted by Gasteiger charge is -2.24. The number of carboxylic acid groups (broad SMARTS) is 1. The lowest BCUT2D eigenvalue weighted by molar-refractivity contribution is -0.131. The van der Waals surface area contributed by atoms with Crippen LogP contribution >= 0.6 is 15.9 Å². The molecule has 0 aromatic heterocycles. The fourth-order valence-electron chi connectivity index (χ4n) is 1.79. The number of rotatable bonds is 7. The zero-order valence-electron chi connectivity index (χ0n) is 11.0. The van der Waals surface area contributed by atoms with Crippen LogP contribution in [0.5, 0.6) is 0 Å². The molecule has 0 saturated carbocycles. The van der Waals surface area contributed by atoms with Crippen LogP contribution in [0.15, 0.2) is 41.4 Å². The van der Waals surface area contributed by atoms with E-state index in [2.05, 4.69) is 34.3 Å². The van der Waals surface area contributed by atoms with E-state index in [0.717, 1.165) is 41.3 Å². The SMILES string of the molecule is C=CCN(CCC)c1ccc(/C=C/C(=O)O)cc1Br. The normalized spacial score (nSPS) is 10.6. The summed E-state index contributed by atoms with van der Waals surface area (Å²) < 4.78 is 0.954. The van der Waals surface area contributed by atoms with Gasteiger partial charge in [-0.1, -0.05) is 19.1 Å². The zero-order valence-corrected chi connectivity index (χ0v) is 12.6. The van der Waals surface area contributed by atoms with Gasteiger partial charge < -0.3 is 10.0 Å². The molecule has 0 aliphatic rings. The Balaban J connectivity index is 2.97. The van der Waals surface area contributed by atoms with Crippen molar-refractivity contribution in [3.8, 4) is 0 Å². The first kappa shape index (κ1) is 15.5. The van der Waals surface area contributed by atoms with E-state index in [-0.39, 0.29) is 0 Å². The van der Waals surface area contributed by atoms with Crippen LogP contribution in [0.4, 0.5) is 5.69 Å². The number of hydrogen-bond donors (Lipinski definition) is 1. The van der Waals surface area contributed by atoms with E-state index in [0.29, 0.717) is 0 Å². The molecule has 1 aromatic rings. The van der Waals surface area contributed by atoms with Crippen LogP contribution in [-0.4, -0.2) is 24.2 Å². The summed E-state index contributed by atoms with van der Waals surface area (Å²) in [6.07, 6.45) is 5.64. The van der Waals surface area contributed by atoms with Crippen molar-refractivity contribution in [2.24, 2.45) is 0 Å². The minimum Gasteiger partial charge on any atom is -0.478 e. The molecule has 0 fully saturated rings. The summed E-state index contributed by atoms with van der Waals surface area (Å²) in [6.45, 7) is 7.65. The summed E-state index contributed by atoms with van der Waals surface area (Å²) >= 11 is 3.54. The summed E-state index contributed by atoms with van der Waals surface area (Å²) in [7, 11) is 0.